The highest BCUT2D eigenvalue weighted by Crippen LogP contribution is 2.46. The lowest BCUT2D eigenvalue weighted by Crippen LogP contribution is -2.61. The van der Waals surface area contributed by atoms with Gasteiger partial charge in [-0.05, 0) is 6.92 Å². The average molecular weight is 284 g/mol. The number of amides is 1. The highest BCUT2D eigenvalue weighted by Gasteiger charge is 2.76. The van der Waals surface area contributed by atoms with Crippen molar-refractivity contribution in [2.45, 2.75) is 31.0 Å². The van der Waals surface area contributed by atoms with Gasteiger partial charge < -0.3 is 15.2 Å². The number of carboxylic acids is 1. The summed E-state index contributed by atoms with van der Waals surface area (Å²) >= 11 is 0. The normalized spacial score (nSPS) is 15.1. The summed E-state index contributed by atoms with van der Waals surface area (Å²) in [6.45, 7) is 0.551. The van der Waals surface area contributed by atoms with Crippen LogP contribution in [0.3, 0.4) is 0 Å². The number of alkyl halides is 7. The molecule has 0 unspecified atom stereocenters. The number of carboxylic acid groups (broad SMARTS) is 1. The number of carbonyl (C=O) groups excluding carboxylic acids is 2. The molecule has 0 aliphatic heterocycles. The molecule has 0 aliphatic carbocycles. The standard InChI is InChI=1S/C7H6F7NO3/c1-2(3(16)17)15-4(18)5(8,9)6(10,11)7(12,13)14/h2H,1H3,(H,15,18)(H,16,17)/p-1/t2-/m0/s1. The molecule has 0 aromatic heterocycles. The van der Waals surface area contributed by atoms with Crippen LogP contribution in [0.15, 0.2) is 0 Å². The van der Waals surface area contributed by atoms with Crippen molar-refractivity contribution >= 4 is 11.9 Å². The van der Waals surface area contributed by atoms with Gasteiger partial charge in [-0.1, -0.05) is 0 Å². The summed E-state index contributed by atoms with van der Waals surface area (Å²) < 4.78 is 84.8. The largest absolute Gasteiger partial charge is 0.548 e. The van der Waals surface area contributed by atoms with E-state index >= 15 is 0 Å². The molecule has 0 rings (SSSR count). The van der Waals surface area contributed by atoms with Crippen LogP contribution in [-0.4, -0.2) is 35.9 Å². The summed E-state index contributed by atoms with van der Waals surface area (Å²) in [7, 11) is 0. The Morgan fingerprint density at radius 2 is 1.44 bits per heavy atom. The fourth-order valence-electron chi connectivity index (χ4n) is 0.667. The SMILES string of the molecule is C[C@H](NC(=O)C(F)(F)C(F)(F)C(F)(F)F)C(=O)[O-]. The Bertz CT molecular complexity index is 351. The van der Waals surface area contributed by atoms with Gasteiger partial charge in [0.2, 0.25) is 0 Å². The van der Waals surface area contributed by atoms with Crippen molar-refractivity contribution in [3.8, 4) is 0 Å². The fraction of sp³-hybridized carbons (Fsp3) is 0.714. The quantitative estimate of drug-likeness (QED) is 0.743. The maximum Gasteiger partial charge on any atom is 0.460 e. The van der Waals surface area contributed by atoms with Gasteiger partial charge in [-0.15, -0.1) is 0 Å². The summed E-state index contributed by atoms with van der Waals surface area (Å²) in [5.74, 6) is -18.0. The molecule has 1 atom stereocenters. The maximum atomic E-state index is 12.6. The van der Waals surface area contributed by atoms with E-state index in [1.165, 1.54) is 0 Å². The predicted octanol–water partition coefficient (Wildman–Crippen LogP) is 0.0739. The molecular weight excluding hydrogens is 279 g/mol. The smallest absolute Gasteiger partial charge is 0.460 e. The minimum atomic E-state index is -6.67. The Hall–Kier alpha value is -1.55. The molecular formula is C7H5F7NO3-. The van der Waals surface area contributed by atoms with E-state index in [0.717, 1.165) is 5.32 Å². The van der Waals surface area contributed by atoms with Gasteiger partial charge in [-0.25, -0.2) is 0 Å². The van der Waals surface area contributed by atoms with Gasteiger partial charge in [0.1, 0.15) is 0 Å². The van der Waals surface area contributed by atoms with Gasteiger partial charge >= 0.3 is 18.0 Å². The molecule has 0 saturated carbocycles. The molecule has 11 heteroatoms. The van der Waals surface area contributed by atoms with Crippen LogP contribution < -0.4 is 10.4 Å². The summed E-state index contributed by atoms with van der Waals surface area (Å²) in [4.78, 5) is 20.6. The first-order valence-electron chi connectivity index (χ1n) is 4.09. The molecule has 0 aromatic rings. The van der Waals surface area contributed by atoms with Crippen LogP contribution in [0.4, 0.5) is 30.7 Å². The van der Waals surface area contributed by atoms with Crippen molar-refractivity contribution < 1.29 is 45.4 Å². The third-order valence-corrected chi connectivity index (χ3v) is 1.74. The van der Waals surface area contributed by atoms with E-state index in [0.29, 0.717) is 6.92 Å². The van der Waals surface area contributed by atoms with Gasteiger partial charge in [0, 0.05) is 0 Å². The molecule has 0 saturated heterocycles. The van der Waals surface area contributed by atoms with E-state index < -0.39 is 35.9 Å². The van der Waals surface area contributed by atoms with Crippen LogP contribution in [0.2, 0.25) is 0 Å². The predicted molar refractivity (Wildman–Crippen MR) is 38.6 cm³/mol. The third kappa shape index (κ3) is 2.82. The molecule has 4 nitrogen and oxygen atoms in total. The highest BCUT2D eigenvalue weighted by atomic mass is 19.4. The Morgan fingerprint density at radius 1 is 1.06 bits per heavy atom. The number of hydrogen-bond acceptors (Lipinski definition) is 3. The number of aliphatic carboxylic acids is 1. The summed E-state index contributed by atoms with van der Waals surface area (Å²) in [6.07, 6.45) is -6.67. The molecule has 0 bridgehead atoms. The number of hydrogen-bond donors (Lipinski definition) is 1. The molecule has 18 heavy (non-hydrogen) atoms. The zero-order valence-corrected chi connectivity index (χ0v) is 8.45. The Balaban J connectivity index is 5.16. The monoisotopic (exact) mass is 284 g/mol. The lowest BCUT2D eigenvalue weighted by molar-refractivity contribution is -0.344. The van der Waals surface area contributed by atoms with Crippen LogP contribution in [0.25, 0.3) is 0 Å². The zero-order chi connectivity index (χ0) is 14.9. The molecule has 0 radical (unpaired) electrons. The third-order valence-electron chi connectivity index (χ3n) is 1.74. The summed E-state index contributed by atoms with van der Waals surface area (Å²) in [6, 6.07) is -2.16. The second-order valence-corrected chi connectivity index (χ2v) is 3.16. The Kier molecular flexibility index (Phi) is 4.21. The first kappa shape index (κ1) is 16.4. The lowest BCUT2D eigenvalue weighted by atomic mass is 10.1. The van der Waals surface area contributed by atoms with E-state index in [1.807, 2.05) is 0 Å². The van der Waals surface area contributed by atoms with Crippen LogP contribution in [0.5, 0.6) is 0 Å². The molecule has 1 amide bonds. The number of nitrogens with one attached hydrogen (secondary N) is 1. The first-order chi connectivity index (χ1) is 7.75. The average Bonchev–Trinajstić information content (AvgIpc) is 2.14. The maximum absolute atomic E-state index is 12.6. The van der Waals surface area contributed by atoms with Crippen LogP contribution in [-0.2, 0) is 9.59 Å². The number of halogens is 7. The first-order valence-corrected chi connectivity index (χ1v) is 4.09. The number of carbonyl (C=O) groups is 2. The molecule has 106 valence electrons. The molecule has 0 fully saturated rings. The van der Waals surface area contributed by atoms with Gasteiger partial charge in [0.05, 0.1) is 12.0 Å². The van der Waals surface area contributed by atoms with E-state index in [-0.39, 0.29) is 0 Å². The Labute approximate surface area is 94.8 Å². The summed E-state index contributed by atoms with van der Waals surface area (Å²) in [5.41, 5.74) is 0. The van der Waals surface area contributed by atoms with Crippen molar-refractivity contribution in [2.75, 3.05) is 0 Å². The highest BCUT2D eigenvalue weighted by molar-refractivity contribution is 5.88. The second kappa shape index (κ2) is 4.61. The molecule has 0 aromatic carbocycles. The van der Waals surface area contributed by atoms with Crippen LogP contribution >= 0.6 is 0 Å². The van der Waals surface area contributed by atoms with Gasteiger partial charge in [0.15, 0.2) is 0 Å². The number of rotatable bonds is 4. The van der Waals surface area contributed by atoms with Crippen molar-refractivity contribution in [2.24, 2.45) is 0 Å². The molecule has 0 aliphatic rings. The molecule has 1 N–H and O–H groups in total. The van der Waals surface area contributed by atoms with Gasteiger partial charge in [-0.3, -0.25) is 4.79 Å². The minimum Gasteiger partial charge on any atom is -0.548 e. The zero-order valence-electron chi connectivity index (χ0n) is 8.45. The fourth-order valence-corrected chi connectivity index (χ4v) is 0.667. The second-order valence-electron chi connectivity index (χ2n) is 3.16. The van der Waals surface area contributed by atoms with Crippen LogP contribution in [0, 0.1) is 0 Å². The molecule has 0 spiro atoms. The lowest BCUT2D eigenvalue weighted by Gasteiger charge is -2.28. The van der Waals surface area contributed by atoms with Crippen molar-refractivity contribution in [3.63, 3.8) is 0 Å². The van der Waals surface area contributed by atoms with Crippen molar-refractivity contribution in [1.29, 1.82) is 0 Å². The minimum absolute atomic E-state index is 0.551. The molecule has 0 heterocycles. The van der Waals surface area contributed by atoms with Gasteiger partial charge in [0.25, 0.3) is 5.91 Å². The van der Waals surface area contributed by atoms with Crippen molar-refractivity contribution in [3.05, 3.63) is 0 Å². The van der Waals surface area contributed by atoms with Gasteiger partial charge in [-0.2, -0.15) is 30.7 Å². The Morgan fingerprint density at radius 3 is 1.72 bits per heavy atom. The van der Waals surface area contributed by atoms with E-state index in [2.05, 4.69) is 0 Å². The van der Waals surface area contributed by atoms with E-state index in [4.69, 9.17) is 0 Å². The van der Waals surface area contributed by atoms with Crippen molar-refractivity contribution in [1.82, 2.24) is 5.32 Å². The van der Waals surface area contributed by atoms with Crippen LogP contribution in [0.1, 0.15) is 6.92 Å². The summed E-state index contributed by atoms with van der Waals surface area (Å²) in [5, 5.41) is 10.8. The van der Waals surface area contributed by atoms with E-state index in [1.54, 1.807) is 0 Å². The van der Waals surface area contributed by atoms with E-state index in [9.17, 15) is 45.4 Å². The topological polar surface area (TPSA) is 69.2 Å².